The molecule has 0 aromatic carbocycles. The summed E-state index contributed by atoms with van der Waals surface area (Å²) in [6.45, 7) is 1.63. The molecule has 0 saturated carbocycles. The number of nitrogens with one attached hydrogen (secondary N) is 2. The number of imide groups is 1. The number of piperidine rings is 1. The van der Waals surface area contributed by atoms with Gasteiger partial charge in [0.15, 0.2) is 0 Å². The van der Waals surface area contributed by atoms with E-state index in [9.17, 15) is 9.59 Å². The molecule has 0 spiro atoms. The molecular formula is C12H14ClN3O2. The maximum atomic E-state index is 11.8. The van der Waals surface area contributed by atoms with E-state index in [0.717, 1.165) is 25.9 Å². The first-order valence-electron chi connectivity index (χ1n) is 5.84. The number of rotatable bonds is 2. The van der Waals surface area contributed by atoms with E-state index in [-0.39, 0.29) is 11.8 Å². The second kappa shape index (κ2) is 5.93. The molecule has 6 heteroatoms. The van der Waals surface area contributed by atoms with E-state index in [0.29, 0.717) is 10.7 Å². The van der Waals surface area contributed by atoms with Gasteiger partial charge < -0.3 is 5.32 Å². The Morgan fingerprint density at radius 3 is 2.67 bits per heavy atom. The number of carbonyl (C=O) groups excluding carboxylic acids is 2. The van der Waals surface area contributed by atoms with E-state index in [1.807, 2.05) is 0 Å². The number of hydrogen-bond donors (Lipinski definition) is 2. The maximum absolute atomic E-state index is 11.8. The van der Waals surface area contributed by atoms with Crippen LogP contribution >= 0.6 is 11.6 Å². The van der Waals surface area contributed by atoms with Crippen molar-refractivity contribution in [2.75, 3.05) is 13.1 Å². The first-order valence-corrected chi connectivity index (χ1v) is 6.22. The Hall–Kier alpha value is -1.46. The lowest BCUT2D eigenvalue weighted by molar-refractivity contribution is -0.124. The van der Waals surface area contributed by atoms with Gasteiger partial charge in [0.25, 0.3) is 5.91 Å². The molecule has 2 rings (SSSR count). The normalized spacial score (nSPS) is 16.3. The Kier molecular flexibility index (Phi) is 4.28. The third kappa shape index (κ3) is 3.27. The van der Waals surface area contributed by atoms with E-state index in [4.69, 9.17) is 11.6 Å². The fourth-order valence-corrected chi connectivity index (χ4v) is 1.99. The Bertz CT molecular complexity index is 441. The lowest BCUT2D eigenvalue weighted by Gasteiger charge is -2.21. The summed E-state index contributed by atoms with van der Waals surface area (Å²) < 4.78 is 0. The first kappa shape index (κ1) is 13.0. The average Bonchev–Trinajstić information content (AvgIpc) is 2.40. The number of halogens is 1. The van der Waals surface area contributed by atoms with Gasteiger partial charge in [-0.25, -0.2) is 4.98 Å². The lowest BCUT2D eigenvalue weighted by atomic mass is 9.97. The predicted molar refractivity (Wildman–Crippen MR) is 67.3 cm³/mol. The summed E-state index contributed by atoms with van der Waals surface area (Å²) >= 11 is 5.63. The summed E-state index contributed by atoms with van der Waals surface area (Å²) in [5.41, 5.74) is 0.335. The highest BCUT2D eigenvalue weighted by Crippen LogP contribution is 2.12. The molecular weight excluding hydrogens is 254 g/mol. The van der Waals surface area contributed by atoms with Crippen molar-refractivity contribution in [3.8, 4) is 0 Å². The fraction of sp³-hybridized carbons (Fsp3) is 0.417. The van der Waals surface area contributed by atoms with Crippen LogP contribution in [0.4, 0.5) is 0 Å². The molecule has 0 atom stereocenters. The molecule has 0 radical (unpaired) electrons. The molecule has 1 aromatic heterocycles. The summed E-state index contributed by atoms with van der Waals surface area (Å²) in [5, 5.41) is 5.88. The topological polar surface area (TPSA) is 71.1 Å². The molecule has 1 aromatic rings. The molecule has 1 aliphatic heterocycles. The van der Waals surface area contributed by atoms with Gasteiger partial charge in [-0.2, -0.15) is 0 Å². The first-order chi connectivity index (χ1) is 8.66. The van der Waals surface area contributed by atoms with E-state index in [1.54, 1.807) is 6.07 Å². The van der Waals surface area contributed by atoms with Crippen LogP contribution in [0.25, 0.3) is 0 Å². The quantitative estimate of drug-likeness (QED) is 0.619. The van der Waals surface area contributed by atoms with E-state index in [1.165, 1.54) is 12.3 Å². The van der Waals surface area contributed by atoms with Gasteiger partial charge >= 0.3 is 0 Å². The molecule has 2 heterocycles. The molecule has 1 aliphatic rings. The number of nitrogens with zero attached hydrogens (tertiary/aromatic N) is 1. The van der Waals surface area contributed by atoms with E-state index >= 15 is 0 Å². The monoisotopic (exact) mass is 267 g/mol. The Morgan fingerprint density at radius 2 is 2.06 bits per heavy atom. The van der Waals surface area contributed by atoms with Crippen molar-refractivity contribution < 1.29 is 9.59 Å². The Labute approximate surface area is 110 Å². The van der Waals surface area contributed by atoms with Crippen LogP contribution < -0.4 is 10.6 Å². The van der Waals surface area contributed by atoms with Crippen LogP contribution in [0.1, 0.15) is 23.2 Å². The van der Waals surface area contributed by atoms with Gasteiger partial charge in [-0.1, -0.05) is 11.6 Å². The summed E-state index contributed by atoms with van der Waals surface area (Å²) in [6, 6.07) is 3.06. The molecule has 1 fully saturated rings. The van der Waals surface area contributed by atoms with Crippen LogP contribution in [0.15, 0.2) is 18.3 Å². The third-order valence-corrected chi connectivity index (χ3v) is 3.16. The average molecular weight is 268 g/mol. The van der Waals surface area contributed by atoms with Crippen LogP contribution in [0.3, 0.4) is 0 Å². The molecule has 2 N–H and O–H groups in total. The molecule has 0 unspecified atom stereocenters. The minimum Gasteiger partial charge on any atom is -0.317 e. The van der Waals surface area contributed by atoms with Crippen LogP contribution in [-0.2, 0) is 4.79 Å². The second-order valence-electron chi connectivity index (χ2n) is 4.21. The SMILES string of the molecule is O=C(NC(=O)C1CCNCC1)c1ccc(Cl)nc1. The zero-order valence-electron chi connectivity index (χ0n) is 9.78. The largest absolute Gasteiger partial charge is 0.317 e. The fourth-order valence-electron chi connectivity index (χ4n) is 1.88. The maximum Gasteiger partial charge on any atom is 0.259 e. The number of aromatic nitrogens is 1. The van der Waals surface area contributed by atoms with Gasteiger partial charge in [-0.05, 0) is 38.1 Å². The van der Waals surface area contributed by atoms with Gasteiger partial charge in [-0.15, -0.1) is 0 Å². The van der Waals surface area contributed by atoms with Gasteiger partial charge in [0.05, 0.1) is 5.56 Å². The number of carbonyl (C=O) groups is 2. The molecule has 0 aliphatic carbocycles. The van der Waals surface area contributed by atoms with Crippen molar-refractivity contribution in [3.05, 3.63) is 29.0 Å². The standard InChI is InChI=1S/C12H14ClN3O2/c13-10-2-1-9(7-15-10)12(18)16-11(17)8-3-5-14-6-4-8/h1-2,7-8,14H,3-6H2,(H,16,17,18). The van der Waals surface area contributed by atoms with Gasteiger partial charge in [0, 0.05) is 12.1 Å². The Balaban J connectivity index is 1.94. The number of hydrogen-bond acceptors (Lipinski definition) is 4. The van der Waals surface area contributed by atoms with Crippen LogP contribution in [0.5, 0.6) is 0 Å². The second-order valence-corrected chi connectivity index (χ2v) is 4.60. The summed E-state index contributed by atoms with van der Waals surface area (Å²) in [7, 11) is 0. The van der Waals surface area contributed by atoms with Crippen molar-refractivity contribution in [1.29, 1.82) is 0 Å². The zero-order chi connectivity index (χ0) is 13.0. The molecule has 96 valence electrons. The minimum absolute atomic E-state index is 0.0875. The summed E-state index contributed by atoms with van der Waals surface area (Å²) in [5.74, 6) is -0.727. The van der Waals surface area contributed by atoms with Crippen molar-refractivity contribution in [2.24, 2.45) is 5.92 Å². The highest BCUT2D eigenvalue weighted by atomic mass is 35.5. The highest BCUT2D eigenvalue weighted by Gasteiger charge is 2.22. The predicted octanol–water partition coefficient (Wildman–Crippen LogP) is 0.991. The van der Waals surface area contributed by atoms with Crippen LogP contribution in [0, 0.1) is 5.92 Å². The minimum atomic E-state index is -0.428. The van der Waals surface area contributed by atoms with Gasteiger partial charge in [0.1, 0.15) is 5.15 Å². The van der Waals surface area contributed by atoms with Crippen LogP contribution in [-0.4, -0.2) is 29.9 Å². The van der Waals surface area contributed by atoms with E-state index < -0.39 is 5.91 Å². The van der Waals surface area contributed by atoms with Crippen molar-refractivity contribution in [3.63, 3.8) is 0 Å². The molecule has 1 saturated heterocycles. The number of pyridine rings is 1. The third-order valence-electron chi connectivity index (χ3n) is 2.94. The van der Waals surface area contributed by atoms with Gasteiger partial charge in [0.2, 0.25) is 5.91 Å². The summed E-state index contributed by atoms with van der Waals surface area (Å²) in [6.07, 6.45) is 2.88. The molecule has 2 amide bonds. The lowest BCUT2D eigenvalue weighted by Crippen LogP contribution is -2.40. The van der Waals surface area contributed by atoms with Crippen molar-refractivity contribution >= 4 is 23.4 Å². The highest BCUT2D eigenvalue weighted by molar-refractivity contribution is 6.29. The zero-order valence-corrected chi connectivity index (χ0v) is 10.5. The van der Waals surface area contributed by atoms with Crippen LogP contribution in [0.2, 0.25) is 5.15 Å². The number of amides is 2. The smallest absolute Gasteiger partial charge is 0.259 e. The van der Waals surface area contributed by atoms with Crippen molar-refractivity contribution in [1.82, 2.24) is 15.6 Å². The molecule has 0 bridgehead atoms. The van der Waals surface area contributed by atoms with Crippen molar-refractivity contribution in [2.45, 2.75) is 12.8 Å². The Morgan fingerprint density at radius 1 is 1.33 bits per heavy atom. The molecule has 18 heavy (non-hydrogen) atoms. The molecule has 5 nitrogen and oxygen atoms in total. The summed E-state index contributed by atoms with van der Waals surface area (Å²) in [4.78, 5) is 27.4. The van der Waals surface area contributed by atoms with Gasteiger partial charge in [-0.3, -0.25) is 14.9 Å². The van der Waals surface area contributed by atoms with E-state index in [2.05, 4.69) is 15.6 Å².